The van der Waals surface area contributed by atoms with Crippen molar-refractivity contribution in [1.82, 2.24) is 0 Å². The Morgan fingerprint density at radius 2 is 1.70 bits per heavy atom. The molecule has 4 heteroatoms. The third-order valence-electron chi connectivity index (χ3n) is 3.09. The molecule has 2 nitrogen and oxygen atoms in total. The molecule has 0 atom stereocenters. The van der Waals surface area contributed by atoms with E-state index in [4.69, 9.17) is 4.74 Å². The Hall–Kier alpha value is -2.23. The van der Waals surface area contributed by atoms with Gasteiger partial charge in [0.15, 0.2) is 5.78 Å². The first kappa shape index (κ1) is 14.2. The van der Waals surface area contributed by atoms with Crippen LogP contribution in [0, 0.1) is 25.5 Å². The van der Waals surface area contributed by atoms with E-state index in [0.29, 0.717) is 5.75 Å². The molecule has 104 valence electrons. The van der Waals surface area contributed by atoms with E-state index in [1.54, 1.807) is 18.2 Å². The highest BCUT2D eigenvalue weighted by Gasteiger charge is 2.20. The van der Waals surface area contributed by atoms with Crippen molar-refractivity contribution in [3.05, 3.63) is 64.2 Å². The fraction of sp³-hybridized carbons (Fsp3) is 0.188. The van der Waals surface area contributed by atoms with Gasteiger partial charge in [-0.3, -0.25) is 4.79 Å². The van der Waals surface area contributed by atoms with Crippen LogP contribution in [0.25, 0.3) is 0 Å². The van der Waals surface area contributed by atoms with E-state index >= 15 is 0 Å². The second kappa shape index (κ2) is 5.41. The van der Waals surface area contributed by atoms with Gasteiger partial charge < -0.3 is 4.74 Å². The van der Waals surface area contributed by atoms with Gasteiger partial charge in [-0.25, -0.2) is 8.78 Å². The first-order valence-corrected chi connectivity index (χ1v) is 6.09. The van der Waals surface area contributed by atoms with Crippen molar-refractivity contribution >= 4 is 5.78 Å². The summed E-state index contributed by atoms with van der Waals surface area (Å²) >= 11 is 0. The smallest absolute Gasteiger partial charge is 0.199 e. The summed E-state index contributed by atoms with van der Waals surface area (Å²) in [5, 5.41) is 0. The van der Waals surface area contributed by atoms with Crippen LogP contribution in [-0.2, 0) is 0 Å². The van der Waals surface area contributed by atoms with Crippen molar-refractivity contribution < 1.29 is 18.3 Å². The molecule has 2 aromatic rings. The molecular formula is C16H14F2O2. The van der Waals surface area contributed by atoms with Crippen LogP contribution in [0.5, 0.6) is 5.75 Å². The van der Waals surface area contributed by atoms with Crippen molar-refractivity contribution in [2.75, 3.05) is 7.11 Å². The molecule has 0 aliphatic heterocycles. The maximum Gasteiger partial charge on any atom is 0.199 e. The van der Waals surface area contributed by atoms with Gasteiger partial charge in [-0.15, -0.1) is 0 Å². The minimum atomic E-state index is -0.738. The highest BCUT2D eigenvalue weighted by atomic mass is 19.1. The molecule has 0 saturated carbocycles. The van der Waals surface area contributed by atoms with Gasteiger partial charge in [0.1, 0.15) is 17.4 Å². The van der Waals surface area contributed by atoms with Gasteiger partial charge in [-0.2, -0.15) is 0 Å². The molecule has 0 N–H and O–H groups in total. The number of methoxy groups -OCH3 is 1. The normalized spacial score (nSPS) is 10.4. The molecule has 0 unspecified atom stereocenters. The topological polar surface area (TPSA) is 26.3 Å². The standard InChI is InChI=1S/C16H14F2O2/c1-9-4-5-15(20-3)12(6-9)16(19)11-8-13(17)10(2)7-14(11)18/h4-8H,1-3H3. The lowest BCUT2D eigenvalue weighted by Gasteiger charge is -2.10. The number of ether oxygens (including phenoxy) is 1. The average Bonchev–Trinajstić information content (AvgIpc) is 2.42. The van der Waals surface area contributed by atoms with Crippen molar-refractivity contribution in [2.24, 2.45) is 0 Å². The zero-order valence-corrected chi connectivity index (χ0v) is 11.5. The second-order valence-electron chi connectivity index (χ2n) is 4.61. The van der Waals surface area contributed by atoms with Gasteiger partial charge >= 0.3 is 0 Å². The average molecular weight is 276 g/mol. The fourth-order valence-corrected chi connectivity index (χ4v) is 1.96. The predicted octanol–water partition coefficient (Wildman–Crippen LogP) is 3.82. The number of hydrogen-bond donors (Lipinski definition) is 0. The Labute approximate surface area is 116 Å². The zero-order chi connectivity index (χ0) is 14.9. The Kier molecular flexibility index (Phi) is 3.84. The van der Waals surface area contributed by atoms with Crippen LogP contribution in [0.3, 0.4) is 0 Å². The van der Waals surface area contributed by atoms with Gasteiger partial charge in [-0.05, 0) is 43.7 Å². The molecule has 0 spiro atoms. The number of benzene rings is 2. The molecule has 0 bridgehead atoms. The highest BCUT2D eigenvalue weighted by molar-refractivity contribution is 6.11. The number of rotatable bonds is 3. The number of halogens is 2. The van der Waals surface area contributed by atoms with Gasteiger partial charge in [0.05, 0.1) is 18.2 Å². The second-order valence-corrected chi connectivity index (χ2v) is 4.61. The van der Waals surface area contributed by atoms with Crippen LogP contribution >= 0.6 is 0 Å². The molecule has 0 aliphatic carbocycles. The molecule has 2 rings (SSSR count). The summed E-state index contributed by atoms with van der Waals surface area (Å²) in [5.74, 6) is -1.61. The number of ketones is 1. The summed E-state index contributed by atoms with van der Waals surface area (Å²) in [6, 6.07) is 6.95. The number of aryl methyl sites for hydroxylation is 2. The van der Waals surface area contributed by atoms with E-state index in [2.05, 4.69) is 0 Å². The molecule has 0 aromatic heterocycles. The van der Waals surface area contributed by atoms with E-state index in [9.17, 15) is 13.6 Å². The maximum atomic E-state index is 13.9. The van der Waals surface area contributed by atoms with Crippen molar-refractivity contribution in [3.8, 4) is 5.75 Å². The van der Waals surface area contributed by atoms with Gasteiger partial charge in [0, 0.05) is 0 Å². The van der Waals surface area contributed by atoms with Crippen molar-refractivity contribution in [2.45, 2.75) is 13.8 Å². The molecule has 0 fully saturated rings. The minimum absolute atomic E-state index is 0.162. The lowest BCUT2D eigenvalue weighted by Crippen LogP contribution is -2.08. The first-order valence-electron chi connectivity index (χ1n) is 6.09. The lowest BCUT2D eigenvalue weighted by molar-refractivity contribution is 0.103. The Morgan fingerprint density at radius 3 is 2.35 bits per heavy atom. The lowest BCUT2D eigenvalue weighted by atomic mass is 9.99. The molecule has 2 aromatic carbocycles. The third-order valence-corrected chi connectivity index (χ3v) is 3.09. The molecule has 0 radical (unpaired) electrons. The van der Waals surface area contributed by atoms with Gasteiger partial charge in [-0.1, -0.05) is 11.6 Å². The van der Waals surface area contributed by atoms with E-state index < -0.39 is 17.4 Å². The highest BCUT2D eigenvalue weighted by Crippen LogP contribution is 2.25. The molecule has 0 saturated heterocycles. The van der Waals surface area contributed by atoms with Gasteiger partial charge in [0.2, 0.25) is 0 Å². The van der Waals surface area contributed by atoms with E-state index in [1.165, 1.54) is 14.0 Å². The molecule has 0 heterocycles. The SMILES string of the molecule is COc1ccc(C)cc1C(=O)c1cc(F)c(C)cc1F. The molecular weight excluding hydrogens is 262 g/mol. The summed E-state index contributed by atoms with van der Waals surface area (Å²) in [6.45, 7) is 3.25. The number of carbonyl (C=O) groups is 1. The summed E-state index contributed by atoms with van der Waals surface area (Å²) < 4.78 is 32.5. The van der Waals surface area contributed by atoms with Crippen LogP contribution < -0.4 is 4.74 Å². The van der Waals surface area contributed by atoms with Crippen LogP contribution in [0.1, 0.15) is 27.0 Å². The third kappa shape index (κ3) is 2.54. The van der Waals surface area contributed by atoms with Crippen LogP contribution in [-0.4, -0.2) is 12.9 Å². The summed E-state index contributed by atoms with van der Waals surface area (Å²) in [4.78, 5) is 12.4. The summed E-state index contributed by atoms with van der Waals surface area (Å²) in [5.41, 5.74) is 0.920. The Balaban J connectivity index is 2.57. The van der Waals surface area contributed by atoms with Crippen molar-refractivity contribution in [3.63, 3.8) is 0 Å². The Morgan fingerprint density at radius 1 is 1.00 bits per heavy atom. The number of carbonyl (C=O) groups excluding carboxylic acids is 1. The molecule has 0 aliphatic rings. The molecule has 20 heavy (non-hydrogen) atoms. The van der Waals surface area contributed by atoms with E-state index in [1.807, 2.05) is 6.92 Å². The van der Waals surface area contributed by atoms with Gasteiger partial charge in [0.25, 0.3) is 0 Å². The van der Waals surface area contributed by atoms with Crippen LogP contribution in [0.2, 0.25) is 0 Å². The quantitative estimate of drug-likeness (QED) is 0.797. The van der Waals surface area contributed by atoms with E-state index in [-0.39, 0.29) is 16.7 Å². The van der Waals surface area contributed by atoms with Crippen molar-refractivity contribution in [1.29, 1.82) is 0 Å². The number of hydrogen-bond acceptors (Lipinski definition) is 2. The fourth-order valence-electron chi connectivity index (χ4n) is 1.96. The monoisotopic (exact) mass is 276 g/mol. The molecule has 0 amide bonds. The van der Waals surface area contributed by atoms with Crippen LogP contribution in [0.15, 0.2) is 30.3 Å². The minimum Gasteiger partial charge on any atom is -0.496 e. The van der Waals surface area contributed by atoms with E-state index in [0.717, 1.165) is 17.7 Å². The first-order chi connectivity index (χ1) is 9.43. The largest absolute Gasteiger partial charge is 0.496 e. The maximum absolute atomic E-state index is 13.9. The Bertz CT molecular complexity index is 678. The predicted molar refractivity (Wildman–Crippen MR) is 72.3 cm³/mol. The zero-order valence-electron chi connectivity index (χ0n) is 11.5. The summed E-state index contributed by atoms with van der Waals surface area (Å²) in [6.07, 6.45) is 0. The summed E-state index contributed by atoms with van der Waals surface area (Å²) in [7, 11) is 1.42. The van der Waals surface area contributed by atoms with Crippen LogP contribution in [0.4, 0.5) is 8.78 Å².